The van der Waals surface area contributed by atoms with Crippen LogP contribution in [0.3, 0.4) is 0 Å². The van der Waals surface area contributed by atoms with Crippen LogP contribution in [0.2, 0.25) is 0 Å². The van der Waals surface area contributed by atoms with Gasteiger partial charge in [0.2, 0.25) is 0 Å². The summed E-state index contributed by atoms with van der Waals surface area (Å²) in [6.45, 7) is 0. The molecule has 0 spiro atoms. The fraction of sp³-hybridized carbons (Fsp3) is 0.556. The molecule has 0 bridgehead atoms. The molecule has 1 atom stereocenters. The average Bonchev–Trinajstić information content (AvgIpc) is 2.44. The SMILES string of the molecule is NC(Cc1ccc(Br)s1)C(C(F)(F)F)C(F)(F)F. The molecule has 0 aliphatic rings. The minimum atomic E-state index is -5.40. The zero-order valence-electron chi connectivity index (χ0n) is 8.65. The molecule has 1 nitrogen and oxygen atoms in total. The highest BCUT2D eigenvalue weighted by Gasteiger charge is 2.59. The first-order chi connectivity index (χ1) is 8.01. The van der Waals surface area contributed by atoms with Crippen molar-refractivity contribution >= 4 is 27.3 Å². The summed E-state index contributed by atoms with van der Waals surface area (Å²) in [4.78, 5) is 0.368. The van der Waals surface area contributed by atoms with E-state index in [0.29, 0.717) is 8.66 Å². The van der Waals surface area contributed by atoms with Gasteiger partial charge in [-0.15, -0.1) is 11.3 Å². The van der Waals surface area contributed by atoms with Gasteiger partial charge in [0, 0.05) is 10.9 Å². The molecule has 0 saturated heterocycles. The summed E-state index contributed by atoms with van der Waals surface area (Å²) in [6.07, 6.45) is -11.3. The third-order valence-electron chi connectivity index (χ3n) is 2.20. The van der Waals surface area contributed by atoms with Crippen LogP contribution in [0.15, 0.2) is 15.9 Å². The minimum absolute atomic E-state index is 0.368. The van der Waals surface area contributed by atoms with Crippen molar-refractivity contribution in [3.8, 4) is 0 Å². The van der Waals surface area contributed by atoms with E-state index in [1.165, 1.54) is 6.07 Å². The molecule has 0 amide bonds. The van der Waals surface area contributed by atoms with Crippen molar-refractivity contribution in [2.75, 3.05) is 0 Å². The predicted molar refractivity (Wildman–Crippen MR) is 59.3 cm³/mol. The first-order valence-corrected chi connectivity index (χ1v) is 6.26. The van der Waals surface area contributed by atoms with Gasteiger partial charge in [-0.25, -0.2) is 0 Å². The molecule has 1 rings (SSSR count). The Kier molecular flexibility index (Phi) is 4.71. The van der Waals surface area contributed by atoms with Crippen LogP contribution in [-0.4, -0.2) is 18.4 Å². The van der Waals surface area contributed by atoms with Gasteiger partial charge in [0.15, 0.2) is 5.92 Å². The van der Waals surface area contributed by atoms with E-state index in [-0.39, 0.29) is 0 Å². The Balaban J connectivity index is 2.87. The largest absolute Gasteiger partial charge is 0.402 e. The standard InChI is InChI=1S/C9H8BrF6NS/c10-6-2-1-4(18-6)3-5(17)7(8(11,12)13)9(14,15)16/h1-2,5,7H,3,17H2. The molecule has 18 heavy (non-hydrogen) atoms. The second-order valence-corrected chi connectivity index (χ2v) is 6.18. The number of alkyl halides is 6. The highest BCUT2D eigenvalue weighted by Crippen LogP contribution is 2.41. The number of hydrogen-bond acceptors (Lipinski definition) is 2. The third kappa shape index (κ3) is 4.13. The van der Waals surface area contributed by atoms with Crippen LogP contribution in [0.5, 0.6) is 0 Å². The van der Waals surface area contributed by atoms with Crippen LogP contribution in [0.4, 0.5) is 26.3 Å². The number of halogens is 7. The van der Waals surface area contributed by atoms with Gasteiger partial charge in [-0.05, 0) is 34.5 Å². The lowest BCUT2D eigenvalue weighted by molar-refractivity contribution is -0.289. The maximum atomic E-state index is 12.4. The Morgan fingerprint density at radius 3 is 1.94 bits per heavy atom. The fourth-order valence-corrected chi connectivity index (χ4v) is 3.04. The van der Waals surface area contributed by atoms with Crippen molar-refractivity contribution in [2.45, 2.75) is 24.8 Å². The van der Waals surface area contributed by atoms with Gasteiger partial charge in [0.05, 0.1) is 3.79 Å². The Morgan fingerprint density at radius 2 is 1.61 bits per heavy atom. The van der Waals surface area contributed by atoms with Crippen LogP contribution in [0.25, 0.3) is 0 Å². The Labute approximate surface area is 111 Å². The smallest absolute Gasteiger partial charge is 0.326 e. The van der Waals surface area contributed by atoms with Crippen LogP contribution in [-0.2, 0) is 6.42 Å². The second-order valence-electron chi connectivity index (χ2n) is 3.63. The lowest BCUT2D eigenvalue weighted by atomic mass is 9.96. The van der Waals surface area contributed by atoms with E-state index >= 15 is 0 Å². The van der Waals surface area contributed by atoms with Gasteiger partial charge in [0.1, 0.15) is 0 Å². The van der Waals surface area contributed by atoms with E-state index in [4.69, 9.17) is 5.73 Å². The van der Waals surface area contributed by atoms with Crippen molar-refractivity contribution in [2.24, 2.45) is 11.7 Å². The quantitative estimate of drug-likeness (QED) is 0.811. The predicted octanol–water partition coefficient (Wildman–Crippen LogP) is 4.12. The van der Waals surface area contributed by atoms with E-state index < -0.39 is 30.7 Å². The second kappa shape index (κ2) is 5.38. The molecule has 1 aromatic rings. The van der Waals surface area contributed by atoms with Crippen molar-refractivity contribution in [3.05, 3.63) is 20.8 Å². The topological polar surface area (TPSA) is 26.0 Å². The van der Waals surface area contributed by atoms with Gasteiger partial charge in [0.25, 0.3) is 0 Å². The number of rotatable bonds is 3. The summed E-state index contributed by atoms with van der Waals surface area (Å²) in [5, 5.41) is 0. The summed E-state index contributed by atoms with van der Waals surface area (Å²) < 4.78 is 74.8. The maximum absolute atomic E-state index is 12.4. The van der Waals surface area contributed by atoms with Crippen molar-refractivity contribution in [1.29, 1.82) is 0 Å². The first-order valence-electron chi connectivity index (χ1n) is 4.65. The Morgan fingerprint density at radius 1 is 1.11 bits per heavy atom. The third-order valence-corrected chi connectivity index (χ3v) is 3.85. The van der Waals surface area contributed by atoms with Crippen LogP contribution in [0, 0.1) is 5.92 Å². The molecular weight excluding hydrogens is 348 g/mol. The first kappa shape index (κ1) is 15.8. The summed E-state index contributed by atoms with van der Waals surface area (Å²) in [5.41, 5.74) is 5.08. The van der Waals surface area contributed by atoms with E-state index in [0.717, 1.165) is 11.3 Å². The molecule has 1 unspecified atom stereocenters. The summed E-state index contributed by atoms with van der Waals surface area (Å²) in [5.74, 6) is -3.51. The minimum Gasteiger partial charge on any atom is -0.326 e. The highest BCUT2D eigenvalue weighted by atomic mass is 79.9. The van der Waals surface area contributed by atoms with E-state index in [9.17, 15) is 26.3 Å². The fourth-order valence-electron chi connectivity index (χ4n) is 1.48. The van der Waals surface area contributed by atoms with Gasteiger partial charge < -0.3 is 5.73 Å². The Hall–Kier alpha value is -0.280. The molecular formula is C9H8BrF6NS. The maximum Gasteiger partial charge on any atom is 0.402 e. The monoisotopic (exact) mass is 355 g/mol. The van der Waals surface area contributed by atoms with Crippen molar-refractivity contribution in [3.63, 3.8) is 0 Å². The molecule has 0 aliphatic heterocycles. The molecule has 0 radical (unpaired) electrons. The highest BCUT2D eigenvalue weighted by molar-refractivity contribution is 9.11. The summed E-state index contributed by atoms with van der Waals surface area (Å²) in [7, 11) is 0. The average molecular weight is 356 g/mol. The van der Waals surface area contributed by atoms with Crippen molar-refractivity contribution < 1.29 is 26.3 Å². The number of hydrogen-bond donors (Lipinski definition) is 1. The molecule has 1 aromatic heterocycles. The molecule has 0 aliphatic carbocycles. The molecule has 0 fully saturated rings. The molecule has 0 saturated carbocycles. The summed E-state index contributed by atoms with van der Waals surface area (Å²) in [6, 6.07) is 0.942. The van der Waals surface area contributed by atoms with Gasteiger partial charge in [-0.1, -0.05) is 0 Å². The van der Waals surface area contributed by atoms with Crippen LogP contribution in [0.1, 0.15) is 4.88 Å². The molecule has 1 heterocycles. The lowest BCUT2D eigenvalue weighted by Gasteiger charge is -2.27. The molecule has 2 N–H and O–H groups in total. The normalized spacial score (nSPS) is 15.2. The lowest BCUT2D eigenvalue weighted by Crippen LogP contribution is -2.49. The number of thiophene rings is 1. The van der Waals surface area contributed by atoms with E-state index in [1.807, 2.05) is 0 Å². The van der Waals surface area contributed by atoms with Crippen LogP contribution >= 0.6 is 27.3 Å². The number of nitrogens with two attached hydrogens (primary N) is 1. The van der Waals surface area contributed by atoms with Gasteiger partial charge >= 0.3 is 12.4 Å². The summed E-state index contributed by atoms with van der Waals surface area (Å²) >= 11 is 4.13. The van der Waals surface area contributed by atoms with Gasteiger partial charge in [-0.3, -0.25) is 0 Å². The zero-order valence-corrected chi connectivity index (χ0v) is 11.1. The Bertz CT molecular complexity index is 384. The van der Waals surface area contributed by atoms with Crippen molar-refractivity contribution in [1.82, 2.24) is 0 Å². The molecule has 0 aromatic carbocycles. The molecule has 9 heteroatoms. The van der Waals surface area contributed by atoms with Gasteiger partial charge in [-0.2, -0.15) is 26.3 Å². The van der Waals surface area contributed by atoms with E-state index in [1.54, 1.807) is 6.07 Å². The van der Waals surface area contributed by atoms with E-state index in [2.05, 4.69) is 15.9 Å². The van der Waals surface area contributed by atoms with Crippen LogP contribution < -0.4 is 5.73 Å². The zero-order chi connectivity index (χ0) is 14.1. The molecule has 104 valence electrons.